The summed E-state index contributed by atoms with van der Waals surface area (Å²) in [7, 11) is 0. The normalized spacial score (nSPS) is 15.7. The summed E-state index contributed by atoms with van der Waals surface area (Å²) in [6.07, 6.45) is -3.57. The molecule has 0 saturated carbocycles. The van der Waals surface area contributed by atoms with E-state index in [0.29, 0.717) is 10.9 Å². The lowest BCUT2D eigenvalue weighted by Gasteiger charge is -2.04. The number of hydrogen-bond acceptors (Lipinski definition) is 2. The van der Waals surface area contributed by atoms with E-state index in [2.05, 4.69) is 37.2 Å². The van der Waals surface area contributed by atoms with Crippen molar-refractivity contribution < 1.29 is 18.3 Å². The van der Waals surface area contributed by atoms with Crippen molar-refractivity contribution in [3.05, 3.63) is 23.8 Å². The van der Waals surface area contributed by atoms with Gasteiger partial charge in [0.2, 0.25) is 0 Å². The summed E-state index contributed by atoms with van der Waals surface area (Å²) in [5, 5.41) is 0.525. The zero-order valence-corrected chi connectivity index (χ0v) is 8.98. The van der Waals surface area contributed by atoms with Gasteiger partial charge in [-0.05, 0) is 12.1 Å². The number of benzene rings is 1. The number of hydrogen-bond donors (Lipinski definition) is 0. The predicted octanol–water partition coefficient (Wildman–Crippen LogP) is 2.75. The fourth-order valence-corrected chi connectivity index (χ4v) is 1.30. The zero-order chi connectivity index (χ0) is 10.9. The Morgan fingerprint density at radius 3 is 2.73 bits per heavy atom. The van der Waals surface area contributed by atoms with Crippen LogP contribution in [0.15, 0.2) is 18.2 Å². The summed E-state index contributed by atoms with van der Waals surface area (Å²) in [5.74, 6) is 5.58. The molecule has 1 aromatic carbocycles. The summed E-state index contributed by atoms with van der Waals surface area (Å²) in [5.41, 5.74) is 0.606. The highest BCUT2D eigenvalue weighted by molar-refractivity contribution is 9.09. The maximum Gasteiger partial charge on any atom is 0.586 e. The van der Waals surface area contributed by atoms with Gasteiger partial charge >= 0.3 is 6.29 Å². The van der Waals surface area contributed by atoms with Gasteiger partial charge in [0.1, 0.15) is 0 Å². The third kappa shape index (κ3) is 2.21. The van der Waals surface area contributed by atoms with Crippen molar-refractivity contribution in [3.8, 4) is 23.3 Å². The maximum atomic E-state index is 12.6. The molecule has 0 aliphatic carbocycles. The maximum absolute atomic E-state index is 12.6. The molecule has 1 aromatic rings. The third-order valence-electron chi connectivity index (χ3n) is 1.70. The van der Waals surface area contributed by atoms with Crippen LogP contribution in [0.1, 0.15) is 5.56 Å². The van der Waals surface area contributed by atoms with Crippen molar-refractivity contribution in [1.82, 2.24) is 0 Å². The lowest BCUT2D eigenvalue weighted by Crippen LogP contribution is -2.25. The van der Waals surface area contributed by atoms with Crippen LogP contribution in [-0.2, 0) is 0 Å². The summed E-state index contributed by atoms with van der Waals surface area (Å²) in [6, 6.07) is 4.43. The third-order valence-corrected chi connectivity index (χ3v) is 1.98. The smallest absolute Gasteiger partial charge is 0.395 e. The van der Waals surface area contributed by atoms with Gasteiger partial charge in [0.25, 0.3) is 0 Å². The molecule has 15 heavy (non-hydrogen) atoms. The molecule has 0 saturated heterocycles. The van der Waals surface area contributed by atoms with E-state index in [1.54, 1.807) is 6.07 Å². The lowest BCUT2D eigenvalue weighted by molar-refractivity contribution is -0.286. The van der Waals surface area contributed by atoms with Gasteiger partial charge < -0.3 is 9.47 Å². The molecule has 0 atom stereocenters. The average molecular weight is 275 g/mol. The Hall–Kier alpha value is -1.28. The number of alkyl halides is 3. The summed E-state index contributed by atoms with van der Waals surface area (Å²) in [6.45, 7) is 0. The van der Waals surface area contributed by atoms with Crippen LogP contribution in [0.2, 0.25) is 0 Å². The molecule has 2 nitrogen and oxygen atoms in total. The van der Waals surface area contributed by atoms with Crippen molar-refractivity contribution in [2.45, 2.75) is 6.29 Å². The lowest BCUT2D eigenvalue weighted by atomic mass is 10.2. The van der Waals surface area contributed by atoms with Crippen LogP contribution >= 0.6 is 15.9 Å². The van der Waals surface area contributed by atoms with Gasteiger partial charge in [0, 0.05) is 11.6 Å². The minimum absolute atomic E-state index is 0.0152. The van der Waals surface area contributed by atoms with E-state index in [-0.39, 0.29) is 11.5 Å². The van der Waals surface area contributed by atoms with Gasteiger partial charge in [-0.2, -0.15) is 0 Å². The van der Waals surface area contributed by atoms with Gasteiger partial charge in [-0.3, -0.25) is 0 Å². The summed E-state index contributed by atoms with van der Waals surface area (Å²) in [4.78, 5) is 0. The zero-order valence-electron chi connectivity index (χ0n) is 7.39. The molecule has 0 fully saturated rings. The van der Waals surface area contributed by atoms with E-state index in [1.165, 1.54) is 12.1 Å². The molecule has 1 aliphatic rings. The molecule has 1 aliphatic heterocycles. The number of fused-ring (bicyclic) bond motifs is 1. The van der Waals surface area contributed by atoms with E-state index in [0.717, 1.165) is 0 Å². The van der Waals surface area contributed by atoms with Gasteiger partial charge in [-0.15, -0.1) is 8.78 Å². The Kier molecular flexibility index (Phi) is 2.53. The number of ether oxygens (including phenoxy) is 2. The van der Waals surface area contributed by atoms with Gasteiger partial charge in [0.05, 0.1) is 5.33 Å². The molecule has 5 heteroatoms. The molecular formula is C10H5BrF2O2. The Bertz CT molecular complexity index is 448. The van der Waals surface area contributed by atoms with Crippen LogP contribution in [-0.4, -0.2) is 11.6 Å². The molecule has 0 spiro atoms. The SMILES string of the molecule is FC1(F)Oc2ccc(C#CCBr)cc2O1. The van der Waals surface area contributed by atoms with Crippen LogP contribution < -0.4 is 9.47 Å². The topological polar surface area (TPSA) is 18.5 Å². The quantitative estimate of drug-likeness (QED) is 0.535. The molecule has 0 bridgehead atoms. The van der Waals surface area contributed by atoms with Gasteiger partial charge in [-0.1, -0.05) is 27.8 Å². The van der Waals surface area contributed by atoms with E-state index < -0.39 is 6.29 Å². The van der Waals surface area contributed by atoms with Crippen LogP contribution in [0.25, 0.3) is 0 Å². The van der Waals surface area contributed by atoms with E-state index >= 15 is 0 Å². The van der Waals surface area contributed by atoms with Crippen LogP contribution in [0, 0.1) is 11.8 Å². The van der Waals surface area contributed by atoms with Crippen molar-refractivity contribution in [2.24, 2.45) is 0 Å². The minimum Gasteiger partial charge on any atom is -0.395 e. The molecule has 0 unspecified atom stereocenters. The minimum atomic E-state index is -3.57. The highest BCUT2D eigenvalue weighted by atomic mass is 79.9. The Balaban J connectivity index is 2.30. The Morgan fingerprint density at radius 1 is 1.27 bits per heavy atom. The predicted molar refractivity (Wildman–Crippen MR) is 53.3 cm³/mol. The van der Waals surface area contributed by atoms with Crippen molar-refractivity contribution in [1.29, 1.82) is 0 Å². The second-order valence-electron chi connectivity index (χ2n) is 2.76. The van der Waals surface area contributed by atoms with E-state index in [9.17, 15) is 8.78 Å². The first-order valence-electron chi connectivity index (χ1n) is 4.05. The molecule has 0 radical (unpaired) electrons. The first kappa shape index (κ1) is 10.2. The fourth-order valence-electron chi connectivity index (χ4n) is 1.16. The largest absolute Gasteiger partial charge is 0.586 e. The van der Waals surface area contributed by atoms with Gasteiger partial charge in [-0.25, -0.2) is 0 Å². The van der Waals surface area contributed by atoms with Crippen LogP contribution in [0.3, 0.4) is 0 Å². The van der Waals surface area contributed by atoms with Crippen LogP contribution in [0.5, 0.6) is 11.5 Å². The fraction of sp³-hybridized carbons (Fsp3) is 0.200. The summed E-state index contributed by atoms with van der Waals surface area (Å²) < 4.78 is 33.8. The first-order chi connectivity index (χ1) is 7.11. The number of halogens is 3. The summed E-state index contributed by atoms with van der Waals surface area (Å²) >= 11 is 3.14. The van der Waals surface area contributed by atoms with E-state index in [4.69, 9.17) is 0 Å². The molecule has 78 valence electrons. The molecule has 2 rings (SSSR count). The highest BCUT2D eigenvalue weighted by Gasteiger charge is 2.43. The molecule has 1 heterocycles. The standard InChI is InChI=1S/C10H5BrF2O2/c11-5-1-2-7-3-4-8-9(6-7)15-10(12,13)14-8/h3-4,6H,5H2. The molecule has 0 N–H and O–H groups in total. The Morgan fingerprint density at radius 2 is 2.00 bits per heavy atom. The Labute approximate surface area is 93.3 Å². The number of rotatable bonds is 0. The first-order valence-corrected chi connectivity index (χ1v) is 5.17. The molecular weight excluding hydrogens is 270 g/mol. The van der Waals surface area contributed by atoms with E-state index in [1.807, 2.05) is 0 Å². The van der Waals surface area contributed by atoms with Crippen molar-refractivity contribution in [2.75, 3.05) is 5.33 Å². The second kappa shape index (κ2) is 3.70. The van der Waals surface area contributed by atoms with Gasteiger partial charge in [0.15, 0.2) is 11.5 Å². The van der Waals surface area contributed by atoms with Crippen molar-refractivity contribution >= 4 is 15.9 Å². The van der Waals surface area contributed by atoms with Crippen molar-refractivity contribution in [3.63, 3.8) is 0 Å². The van der Waals surface area contributed by atoms with Crippen LogP contribution in [0.4, 0.5) is 8.78 Å². The average Bonchev–Trinajstić information content (AvgIpc) is 2.47. The second-order valence-corrected chi connectivity index (χ2v) is 3.33. The molecule has 0 amide bonds. The highest BCUT2D eigenvalue weighted by Crippen LogP contribution is 2.40. The monoisotopic (exact) mass is 274 g/mol. The molecule has 0 aromatic heterocycles.